The highest BCUT2D eigenvalue weighted by Gasteiger charge is 2.29. The van der Waals surface area contributed by atoms with Gasteiger partial charge < -0.3 is 0 Å². The molecule has 1 aliphatic heterocycles. The quantitative estimate of drug-likeness (QED) is 0.735. The number of thioether (sulfide) groups is 2. The molecule has 1 heterocycles. The zero-order valence-corrected chi connectivity index (χ0v) is 10.8. The van der Waals surface area contributed by atoms with Crippen LogP contribution in [0.1, 0.15) is 32.6 Å². The number of allylic oxidation sites excluding steroid dienone is 1. The Balaban J connectivity index is 1.84. The number of hydrogen-bond donors (Lipinski definition) is 0. The first-order chi connectivity index (χ1) is 7.27. The largest absolute Gasteiger partial charge is 0.299 e. The molecule has 0 bridgehead atoms. The summed E-state index contributed by atoms with van der Waals surface area (Å²) in [6.45, 7) is 2.10. The van der Waals surface area contributed by atoms with Gasteiger partial charge in [0.05, 0.1) is 0 Å². The summed E-state index contributed by atoms with van der Waals surface area (Å²) < 4.78 is 1.49. The van der Waals surface area contributed by atoms with E-state index in [2.05, 4.69) is 13.0 Å². The highest BCUT2D eigenvalue weighted by Crippen LogP contribution is 2.37. The molecule has 0 N–H and O–H groups in total. The molecule has 84 valence electrons. The van der Waals surface area contributed by atoms with Crippen molar-refractivity contribution < 1.29 is 4.79 Å². The smallest absolute Gasteiger partial charge is 0.135 e. The number of ketones is 1. The fraction of sp³-hybridized carbons (Fsp3) is 0.750. The summed E-state index contributed by atoms with van der Waals surface area (Å²) in [4.78, 5) is 11.4. The SMILES string of the molecule is CC1C(=O)CCC1CC=C1SCCCS1. The second-order valence-corrected chi connectivity index (χ2v) is 6.89. The van der Waals surface area contributed by atoms with Crippen molar-refractivity contribution in [3.63, 3.8) is 0 Å². The molecule has 2 fully saturated rings. The summed E-state index contributed by atoms with van der Waals surface area (Å²) in [6.07, 6.45) is 6.75. The Kier molecular flexibility index (Phi) is 4.21. The summed E-state index contributed by atoms with van der Waals surface area (Å²) in [7, 11) is 0. The first-order valence-corrected chi connectivity index (χ1v) is 7.73. The Morgan fingerprint density at radius 3 is 2.73 bits per heavy atom. The summed E-state index contributed by atoms with van der Waals surface area (Å²) >= 11 is 3.98. The molecule has 0 aromatic heterocycles. The molecule has 0 radical (unpaired) electrons. The molecule has 2 rings (SSSR count). The van der Waals surface area contributed by atoms with Gasteiger partial charge >= 0.3 is 0 Å². The van der Waals surface area contributed by atoms with Gasteiger partial charge in [-0.3, -0.25) is 4.79 Å². The van der Waals surface area contributed by atoms with Crippen LogP contribution in [0.25, 0.3) is 0 Å². The standard InChI is InChI=1S/C12H18OS2/c1-9-10(3-5-11(9)13)4-6-12-14-7-2-8-15-12/h6,9-10H,2-5,7-8H2,1H3. The van der Waals surface area contributed by atoms with Crippen LogP contribution in [0.3, 0.4) is 0 Å². The number of carbonyl (C=O) groups is 1. The van der Waals surface area contributed by atoms with E-state index in [1.165, 1.54) is 22.2 Å². The zero-order valence-electron chi connectivity index (χ0n) is 9.20. The van der Waals surface area contributed by atoms with Gasteiger partial charge in [0.1, 0.15) is 5.78 Å². The molecule has 0 amide bonds. The van der Waals surface area contributed by atoms with Gasteiger partial charge in [0.2, 0.25) is 0 Å². The zero-order chi connectivity index (χ0) is 10.7. The average molecular weight is 242 g/mol. The van der Waals surface area contributed by atoms with Gasteiger partial charge in [0.25, 0.3) is 0 Å². The van der Waals surface area contributed by atoms with E-state index in [-0.39, 0.29) is 0 Å². The van der Waals surface area contributed by atoms with Crippen molar-refractivity contribution in [1.29, 1.82) is 0 Å². The lowest BCUT2D eigenvalue weighted by molar-refractivity contribution is -0.120. The second-order valence-electron chi connectivity index (χ2n) is 4.36. The van der Waals surface area contributed by atoms with Crippen molar-refractivity contribution in [1.82, 2.24) is 0 Å². The van der Waals surface area contributed by atoms with Gasteiger partial charge in [-0.05, 0) is 36.7 Å². The average Bonchev–Trinajstić information content (AvgIpc) is 2.59. The molecule has 2 aliphatic rings. The number of Topliss-reactive ketones (excluding diaryl/α,β-unsaturated/α-hetero) is 1. The highest BCUT2D eigenvalue weighted by molar-refractivity contribution is 8.22. The van der Waals surface area contributed by atoms with E-state index in [1.807, 2.05) is 23.5 Å². The Morgan fingerprint density at radius 2 is 2.13 bits per heavy atom. The fourth-order valence-electron chi connectivity index (χ4n) is 2.20. The minimum absolute atomic E-state index is 0.306. The van der Waals surface area contributed by atoms with Crippen LogP contribution in [-0.2, 0) is 4.79 Å². The van der Waals surface area contributed by atoms with Crippen molar-refractivity contribution in [2.45, 2.75) is 32.6 Å². The van der Waals surface area contributed by atoms with Gasteiger partial charge in [0, 0.05) is 16.6 Å². The van der Waals surface area contributed by atoms with Crippen LogP contribution in [0.2, 0.25) is 0 Å². The molecular formula is C12H18OS2. The van der Waals surface area contributed by atoms with E-state index >= 15 is 0 Å². The Bertz CT molecular complexity index is 265. The summed E-state index contributed by atoms with van der Waals surface area (Å²) in [6, 6.07) is 0. The van der Waals surface area contributed by atoms with Crippen LogP contribution in [-0.4, -0.2) is 17.3 Å². The maximum absolute atomic E-state index is 11.4. The van der Waals surface area contributed by atoms with Crippen molar-refractivity contribution in [2.75, 3.05) is 11.5 Å². The Labute approximate surface area is 100 Å². The summed E-state index contributed by atoms with van der Waals surface area (Å²) in [5.74, 6) is 3.95. The maximum Gasteiger partial charge on any atom is 0.135 e. The monoisotopic (exact) mass is 242 g/mol. The van der Waals surface area contributed by atoms with Gasteiger partial charge in [-0.1, -0.05) is 13.0 Å². The molecule has 1 aliphatic carbocycles. The number of hydrogen-bond acceptors (Lipinski definition) is 3. The first kappa shape index (κ1) is 11.6. The fourth-order valence-corrected chi connectivity index (χ4v) is 4.63. The van der Waals surface area contributed by atoms with Gasteiger partial charge in [0.15, 0.2) is 0 Å². The van der Waals surface area contributed by atoms with Gasteiger partial charge in [-0.15, -0.1) is 23.5 Å². The number of carbonyl (C=O) groups excluding carboxylic acids is 1. The maximum atomic E-state index is 11.4. The topological polar surface area (TPSA) is 17.1 Å². The van der Waals surface area contributed by atoms with Crippen molar-refractivity contribution in [3.8, 4) is 0 Å². The predicted octanol–water partition coefficient (Wildman–Crippen LogP) is 3.70. The Hall–Kier alpha value is 0.110. The predicted molar refractivity (Wildman–Crippen MR) is 69.1 cm³/mol. The van der Waals surface area contributed by atoms with Crippen LogP contribution >= 0.6 is 23.5 Å². The van der Waals surface area contributed by atoms with Crippen molar-refractivity contribution >= 4 is 29.3 Å². The normalized spacial score (nSPS) is 32.1. The van der Waals surface area contributed by atoms with Crippen LogP contribution in [0, 0.1) is 11.8 Å². The molecule has 2 unspecified atom stereocenters. The molecule has 3 heteroatoms. The third kappa shape index (κ3) is 3.04. The molecule has 1 nitrogen and oxygen atoms in total. The van der Waals surface area contributed by atoms with E-state index in [9.17, 15) is 4.79 Å². The van der Waals surface area contributed by atoms with E-state index in [0.717, 1.165) is 19.3 Å². The van der Waals surface area contributed by atoms with Crippen LogP contribution in [0.5, 0.6) is 0 Å². The molecule has 2 atom stereocenters. The van der Waals surface area contributed by atoms with Crippen molar-refractivity contribution in [3.05, 3.63) is 10.3 Å². The second kappa shape index (κ2) is 5.44. The molecule has 0 aromatic rings. The lowest BCUT2D eigenvalue weighted by Crippen LogP contribution is -2.09. The molecule has 0 aromatic carbocycles. The van der Waals surface area contributed by atoms with Crippen LogP contribution in [0.15, 0.2) is 10.3 Å². The van der Waals surface area contributed by atoms with E-state index in [4.69, 9.17) is 0 Å². The highest BCUT2D eigenvalue weighted by atomic mass is 32.2. The third-order valence-electron chi connectivity index (χ3n) is 3.34. The lowest BCUT2D eigenvalue weighted by atomic mass is 9.94. The lowest BCUT2D eigenvalue weighted by Gasteiger charge is -2.15. The van der Waals surface area contributed by atoms with Gasteiger partial charge in [-0.2, -0.15) is 0 Å². The van der Waals surface area contributed by atoms with E-state index < -0.39 is 0 Å². The first-order valence-electron chi connectivity index (χ1n) is 5.76. The Morgan fingerprint density at radius 1 is 1.40 bits per heavy atom. The minimum atomic E-state index is 0.306. The molecule has 1 saturated carbocycles. The van der Waals surface area contributed by atoms with Crippen LogP contribution < -0.4 is 0 Å². The molecule has 0 spiro atoms. The number of rotatable bonds is 2. The van der Waals surface area contributed by atoms with E-state index in [1.54, 1.807) is 0 Å². The molecule has 1 saturated heterocycles. The molecular weight excluding hydrogens is 224 g/mol. The van der Waals surface area contributed by atoms with Crippen molar-refractivity contribution in [2.24, 2.45) is 11.8 Å². The van der Waals surface area contributed by atoms with Gasteiger partial charge in [-0.25, -0.2) is 0 Å². The summed E-state index contributed by atoms with van der Waals surface area (Å²) in [5, 5.41) is 0. The van der Waals surface area contributed by atoms with Crippen LogP contribution in [0.4, 0.5) is 0 Å². The third-order valence-corrected chi connectivity index (χ3v) is 5.94. The minimum Gasteiger partial charge on any atom is -0.299 e. The van der Waals surface area contributed by atoms with E-state index in [0.29, 0.717) is 17.6 Å². The molecule has 15 heavy (non-hydrogen) atoms. The summed E-state index contributed by atoms with van der Waals surface area (Å²) in [5.41, 5.74) is 0.